The van der Waals surface area contributed by atoms with Gasteiger partial charge in [-0.15, -0.1) is 0 Å². The van der Waals surface area contributed by atoms with Crippen molar-refractivity contribution < 1.29 is 4.39 Å². The predicted molar refractivity (Wildman–Crippen MR) is 122 cm³/mol. The van der Waals surface area contributed by atoms with Crippen LogP contribution in [0.15, 0.2) is 67.4 Å². The first kappa shape index (κ1) is 19.9. The number of anilines is 2. The van der Waals surface area contributed by atoms with Gasteiger partial charge >= 0.3 is 0 Å². The van der Waals surface area contributed by atoms with Gasteiger partial charge in [-0.3, -0.25) is 9.67 Å². The fourth-order valence-electron chi connectivity index (χ4n) is 3.83. The number of rotatable bonds is 6. The monoisotopic (exact) mass is 427 g/mol. The third-order valence-corrected chi connectivity index (χ3v) is 5.42. The van der Waals surface area contributed by atoms with Crippen molar-refractivity contribution in [1.82, 2.24) is 29.7 Å². The van der Waals surface area contributed by atoms with Crippen LogP contribution in [0.1, 0.15) is 18.3 Å². The zero-order chi connectivity index (χ0) is 22.1. The Balaban J connectivity index is 1.64. The molecule has 5 aromatic rings. The van der Waals surface area contributed by atoms with Gasteiger partial charge in [0.15, 0.2) is 0 Å². The summed E-state index contributed by atoms with van der Waals surface area (Å²) >= 11 is 0. The molecule has 0 aliphatic heterocycles. The van der Waals surface area contributed by atoms with Crippen LogP contribution in [0.3, 0.4) is 0 Å². The molecule has 7 nitrogen and oxygen atoms in total. The van der Waals surface area contributed by atoms with Gasteiger partial charge in [-0.1, -0.05) is 19.1 Å². The molecular formula is C24H22FN7. The van der Waals surface area contributed by atoms with E-state index in [0.29, 0.717) is 24.5 Å². The maximum absolute atomic E-state index is 15.1. The number of imidazole rings is 1. The van der Waals surface area contributed by atoms with E-state index >= 15 is 4.39 Å². The Hall–Kier alpha value is -4.07. The molecule has 0 fully saturated rings. The second-order valence-electron chi connectivity index (χ2n) is 7.56. The number of pyridine rings is 2. The van der Waals surface area contributed by atoms with E-state index in [-0.39, 0.29) is 5.82 Å². The summed E-state index contributed by atoms with van der Waals surface area (Å²) in [5, 5.41) is 4.24. The summed E-state index contributed by atoms with van der Waals surface area (Å²) < 4.78 is 16.8. The van der Waals surface area contributed by atoms with E-state index in [9.17, 15) is 0 Å². The topological polar surface area (TPSA) is 75.5 Å². The molecule has 0 saturated heterocycles. The molecule has 0 spiro atoms. The summed E-state index contributed by atoms with van der Waals surface area (Å²) in [5.41, 5.74) is 4.79. The summed E-state index contributed by atoms with van der Waals surface area (Å²) in [4.78, 5) is 18.7. The molecule has 0 amide bonds. The maximum Gasteiger partial charge on any atom is 0.147 e. The Morgan fingerprint density at radius 2 is 1.97 bits per heavy atom. The van der Waals surface area contributed by atoms with Gasteiger partial charge in [0, 0.05) is 43.0 Å². The number of aromatic nitrogens is 6. The first-order valence-corrected chi connectivity index (χ1v) is 10.4. The number of hydrogen-bond donors (Lipinski definition) is 1. The number of nitrogens with zero attached hydrogens (tertiary/aromatic N) is 6. The Kier molecular flexibility index (Phi) is 5.10. The molecule has 0 radical (unpaired) electrons. The van der Waals surface area contributed by atoms with Crippen molar-refractivity contribution in [1.29, 1.82) is 0 Å². The van der Waals surface area contributed by atoms with E-state index in [2.05, 4.69) is 20.1 Å². The van der Waals surface area contributed by atoms with E-state index in [0.717, 1.165) is 33.5 Å². The number of fused-ring (bicyclic) bond motifs is 1. The highest BCUT2D eigenvalue weighted by Crippen LogP contribution is 2.33. The average Bonchev–Trinajstić information content (AvgIpc) is 3.48. The number of aromatic amines is 1. The molecule has 32 heavy (non-hydrogen) atoms. The first-order chi connectivity index (χ1) is 15.6. The van der Waals surface area contributed by atoms with Crippen molar-refractivity contribution in [2.45, 2.75) is 19.9 Å². The molecule has 160 valence electrons. The zero-order valence-corrected chi connectivity index (χ0v) is 17.8. The normalized spacial score (nSPS) is 11.2. The quantitative estimate of drug-likeness (QED) is 0.422. The van der Waals surface area contributed by atoms with Crippen molar-refractivity contribution in [3.63, 3.8) is 0 Å². The van der Waals surface area contributed by atoms with Gasteiger partial charge in [-0.2, -0.15) is 5.10 Å². The molecule has 0 unspecified atom stereocenters. The van der Waals surface area contributed by atoms with Crippen molar-refractivity contribution in [3.05, 3.63) is 84.6 Å². The Bertz CT molecular complexity index is 1370. The minimum absolute atomic E-state index is 0.292. The van der Waals surface area contributed by atoms with Crippen molar-refractivity contribution in [2.75, 3.05) is 4.90 Å². The van der Waals surface area contributed by atoms with Gasteiger partial charge in [-0.05, 0) is 36.2 Å². The van der Waals surface area contributed by atoms with Crippen LogP contribution in [0.4, 0.5) is 15.9 Å². The minimum Gasteiger partial charge on any atom is -0.347 e. The van der Waals surface area contributed by atoms with Crippen LogP contribution in [0.2, 0.25) is 0 Å². The highest BCUT2D eigenvalue weighted by Gasteiger charge is 2.20. The highest BCUT2D eigenvalue weighted by atomic mass is 19.1. The fraction of sp³-hybridized carbons (Fsp3) is 0.167. The SMILES string of the molecule is CCc1cccc(F)c1N(Cc1ncc[nH]1)c1ccc2ncc(-c3cnn(C)c3)cc2n1. The van der Waals surface area contributed by atoms with Gasteiger partial charge in [0.2, 0.25) is 0 Å². The Morgan fingerprint density at radius 1 is 1.06 bits per heavy atom. The molecule has 0 bridgehead atoms. The second kappa shape index (κ2) is 8.22. The van der Waals surface area contributed by atoms with Gasteiger partial charge < -0.3 is 9.88 Å². The third kappa shape index (κ3) is 3.71. The van der Waals surface area contributed by atoms with Crippen LogP contribution in [0.25, 0.3) is 22.2 Å². The van der Waals surface area contributed by atoms with Crippen LogP contribution in [0, 0.1) is 5.82 Å². The van der Waals surface area contributed by atoms with Crippen LogP contribution >= 0.6 is 0 Å². The summed E-state index contributed by atoms with van der Waals surface area (Å²) in [6.45, 7) is 2.37. The molecular weight excluding hydrogens is 405 g/mol. The van der Waals surface area contributed by atoms with Gasteiger partial charge in [0.05, 0.1) is 29.5 Å². The Morgan fingerprint density at radius 3 is 2.72 bits per heavy atom. The van der Waals surface area contributed by atoms with Crippen LogP contribution < -0.4 is 4.90 Å². The third-order valence-electron chi connectivity index (χ3n) is 5.42. The number of para-hydroxylation sites is 1. The lowest BCUT2D eigenvalue weighted by atomic mass is 10.1. The van der Waals surface area contributed by atoms with E-state index in [1.807, 2.05) is 55.5 Å². The average molecular weight is 427 g/mol. The number of aryl methyl sites for hydroxylation is 2. The standard InChI is InChI=1S/C24H22FN7/c1-3-16-5-4-6-19(25)24(16)32(15-22-26-9-10-27-22)23-8-7-20-21(30-23)11-17(12-28-20)18-13-29-31(2)14-18/h4-14H,3,15H2,1-2H3,(H,26,27). The van der Waals surface area contributed by atoms with Crippen LogP contribution in [0.5, 0.6) is 0 Å². The number of benzene rings is 1. The Labute approximate surface area is 184 Å². The first-order valence-electron chi connectivity index (χ1n) is 10.4. The van der Waals surface area contributed by atoms with Crippen molar-refractivity contribution in [2.24, 2.45) is 7.05 Å². The van der Waals surface area contributed by atoms with E-state index in [1.54, 1.807) is 29.3 Å². The predicted octanol–water partition coefficient (Wildman–Crippen LogP) is 4.79. The largest absolute Gasteiger partial charge is 0.347 e. The summed E-state index contributed by atoms with van der Waals surface area (Å²) in [6.07, 6.45) is 9.68. The zero-order valence-electron chi connectivity index (χ0n) is 17.8. The summed E-state index contributed by atoms with van der Waals surface area (Å²) in [7, 11) is 1.88. The molecule has 1 aromatic carbocycles. The van der Waals surface area contributed by atoms with Gasteiger partial charge in [0.25, 0.3) is 0 Å². The van der Waals surface area contributed by atoms with Crippen LogP contribution in [-0.2, 0) is 20.0 Å². The van der Waals surface area contributed by atoms with Gasteiger partial charge in [-0.25, -0.2) is 14.4 Å². The number of halogens is 1. The van der Waals surface area contributed by atoms with Gasteiger partial charge in [0.1, 0.15) is 17.5 Å². The van der Waals surface area contributed by atoms with Crippen LogP contribution in [-0.4, -0.2) is 29.7 Å². The fourth-order valence-corrected chi connectivity index (χ4v) is 3.83. The van der Waals surface area contributed by atoms with E-state index in [1.165, 1.54) is 6.07 Å². The number of nitrogens with one attached hydrogen (secondary N) is 1. The summed E-state index contributed by atoms with van der Waals surface area (Å²) in [5.74, 6) is 1.05. The number of H-pyrrole nitrogens is 1. The van der Waals surface area contributed by atoms with Crippen molar-refractivity contribution in [3.8, 4) is 11.1 Å². The highest BCUT2D eigenvalue weighted by molar-refractivity contribution is 5.82. The molecule has 0 saturated carbocycles. The lowest BCUT2D eigenvalue weighted by molar-refractivity contribution is 0.621. The maximum atomic E-state index is 15.1. The van der Waals surface area contributed by atoms with Crippen molar-refractivity contribution >= 4 is 22.5 Å². The lowest BCUT2D eigenvalue weighted by Gasteiger charge is -2.26. The molecule has 5 rings (SSSR count). The van der Waals surface area contributed by atoms with E-state index in [4.69, 9.17) is 4.98 Å². The minimum atomic E-state index is -0.292. The smallest absolute Gasteiger partial charge is 0.147 e. The number of hydrogen-bond acceptors (Lipinski definition) is 5. The lowest BCUT2D eigenvalue weighted by Crippen LogP contribution is -2.21. The molecule has 0 atom stereocenters. The molecule has 1 N–H and O–H groups in total. The van der Waals surface area contributed by atoms with E-state index < -0.39 is 0 Å². The molecule has 4 heterocycles. The molecule has 0 aliphatic rings. The molecule has 4 aromatic heterocycles. The second-order valence-corrected chi connectivity index (χ2v) is 7.56. The molecule has 0 aliphatic carbocycles. The molecule has 8 heteroatoms. The summed E-state index contributed by atoms with van der Waals surface area (Å²) in [6, 6.07) is 10.9.